The van der Waals surface area contributed by atoms with Gasteiger partial charge >= 0.3 is 0 Å². The minimum atomic E-state index is 0.264. The highest BCUT2D eigenvalue weighted by Crippen LogP contribution is 2.66. The molecule has 0 aromatic heterocycles. The first-order valence-corrected chi connectivity index (χ1v) is 4.69. The Morgan fingerprint density at radius 3 is 2.36 bits per heavy atom. The molecule has 0 heterocycles. The van der Waals surface area contributed by atoms with Crippen molar-refractivity contribution in [3.8, 4) is 0 Å². The van der Waals surface area contributed by atoms with Crippen molar-refractivity contribution >= 4 is 5.78 Å². The lowest BCUT2D eigenvalue weighted by molar-refractivity contribution is -0.124. The molecular formula is C10H16O. The van der Waals surface area contributed by atoms with E-state index in [4.69, 9.17) is 0 Å². The van der Waals surface area contributed by atoms with Crippen molar-refractivity contribution in [2.24, 2.45) is 17.3 Å². The van der Waals surface area contributed by atoms with Gasteiger partial charge in [-0.05, 0) is 24.7 Å². The fourth-order valence-corrected chi connectivity index (χ4v) is 2.34. The number of carbonyl (C=O) groups excluding carboxylic acids is 1. The largest absolute Gasteiger partial charge is 0.299 e. The maximum absolute atomic E-state index is 11.5. The average Bonchev–Trinajstić information content (AvgIpc) is 2.58. The highest BCUT2D eigenvalue weighted by Gasteiger charge is 2.60. The van der Waals surface area contributed by atoms with Gasteiger partial charge in [0.15, 0.2) is 0 Å². The Morgan fingerprint density at radius 2 is 2.09 bits per heavy atom. The molecule has 2 aliphatic carbocycles. The summed E-state index contributed by atoms with van der Waals surface area (Å²) in [5, 5.41) is 0. The zero-order valence-corrected chi connectivity index (χ0v) is 7.39. The van der Waals surface area contributed by atoms with E-state index in [9.17, 15) is 4.79 Å². The van der Waals surface area contributed by atoms with Crippen LogP contribution >= 0.6 is 0 Å². The van der Waals surface area contributed by atoms with Crippen LogP contribution < -0.4 is 0 Å². The van der Waals surface area contributed by atoms with Gasteiger partial charge in [-0.3, -0.25) is 4.79 Å². The molecule has 2 aliphatic rings. The number of ketones is 1. The summed E-state index contributed by atoms with van der Waals surface area (Å²) in [6.45, 7) is 4.04. The summed E-state index contributed by atoms with van der Waals surface area (Å²) < 4.78 is 0. The molecular weight excluding hydrogens is 136 g/mol. The van der Waals surface area contributed by atoms with E-state index in [1.807, 2.05) is 13.8 Å². The van der Waals surface area contributed by atoms with Gasteiger partial charge in [0.05, 0.1) is 0 Å². The van der Waals surface area contributed by atoms with Crippen molar-refractivity contribution in [1.29, 1.82) is 0 Å². The first-order valence-electron chi connectivity index (χ1n) is 4.69. The Bertz CT molecular complexity index is 189. The van der Waals surface area contributed by atoms with Crippen LogP contribution in [0.25, 0.3) is 0 Å². The second-order valence-electron chi connectivity index (χ2n) is 4.53. The summed E-state index contributed by atoms with van der Waals surface area (Å²) in [5.41, 5.74) is 0.543. The molecule has 1 atom stereocenters. The van der Waals surface area contributed by atoms with Crippen LogP contribution in [0.4, 0.5) is 0 Å². The van der Waals surface area contributed by atoms with E-state index in [0.717, 1.165) is 0 Å². The molecule has 0 aromatic carbocycles. The number of carbonyl (C=O) groups is 1. The fraction of sp³-hybridized carbons (Fsp3) is 0.900. The highest BCUT2D eigenvalue weighted by molar-refractivity contribution is 5.86. The Kier molecular flexibility index (Phi) is 1.39. The van der Waals surface area contributed by atoms with E-state index < -0.39 is 0 Å². The van der Waals surface area contributed by atoms with E-state index in [-0.39, 0.29) is 5.92 Å². The maximum Gasteiger partial charge on any atom is 0.139 e. The monoisotopic (exact) mass is 152 g/mol. The molecule has 0 N–H and O–H groups in total. The number of rotatable bonds is 2. The van der Waals surface area contributed by atoms with Gasteiger partial charge in [-0.25, -0.2) is 0 Å². The Balaban J connectivity index is 1.95. The van der Waals surface area contributed by atoms with E-state index >= 15 is 0 Å². The van der Waals surface area contributed by atoms with Crippen LogP contribution in [0.3, 0.4) is 0 Å². The third-order valence-corrected chi connectivity index (χ3v) is 3.45. The summed E-state index contributed by atoms with van der Waals surface area (Å²) in [4.78, 5) is 11.5. The summed E-state index contributed by atoms with van der Waals surface area (Å²) in [6, 6.07) is 0. The second kappa shape index (κ2) is 2.09. The Morgan fingerprint density at radius 1 is 1.45 bits per heavy atom. The van der Waals surface area contributed by atoms with Crippen LogP contribution in [0.15, 0.2) is 0 Å². The third kappa shape index (κ3) is 0.935. The van der Waals surface area contributed by atoms with Crippen molar-refractivity contribution < 1.29 is 4.79 Å². The molecule has 11 heavy (non-hydrogen) atoms. The van der Waals surface area contributed by atoms with Gasteiger partial charge in [0.25, 0.3) is 0 Å². The predicted octanol–water partition coefficient (Wildman–Crippen LogP) is 2.40. The molecule has 0 aliphatic heterocycles. The summed E-state index contributed by atoms with van der Waals surface area (Å²) in [7, 11) is 0. The van der Waals surface area contributed by atoms with Crippen LogP contribution in [0.5, 0.6) is 0 Å². The van der Waals surface area contributed by atoms with Gasteiger partial charge in [-0.2, -0.15) is 0 Å². The molecule has 62 valence electrons. The van der Waals surface area contributed by atoms with Crippen molar-refractivity contribution in [2.75, 3.05) is 0 Å². The van der Waals surface area contributed by atoms with Crippen molar-refractivity contribution in [1.82, 2.24) is 0 Å². The van der Waals surface area contributed by atoms with Gasteiger partial charge in [0.1, 0.15) is 5.78 Å². The van der Waals surface area contributed by atoms with Gasteiger partial charge in [0.2, 0.25) is 0 Å². The SMILES string of the molecule is CC(C)C(=O)C1CC12CCC2. The summed E-state index contributed by atoms with van der Waals surface area (Å²) in [5.74, 6) is 1.25. The van der Waals surface area contributed by atoms with E-state index in [2.05, 4.69) is 0 Å². The average molecular weight is 152 g/mol. The standard InChI is InChI=1S/C10H16O/c1-7(2)9(11)8-6-10(8)4-3-5-10/h7-8H,3-6H2,1-2H3. The molecule has 0 saturated heterocycles. The quantitative estimate of drug-likeness (QED) is 0.593. The molecule has 1 heteroatoms. The lowest BCUT2D eigenvalue weighted by atomic mass is 9.78. The minimum absolute atomic E-state index is 0.264. The molecule has 0 bridgehead atoms. The molecule has 1 nitrogen and oxygen atoms in total. The first kappa shape index (κ1) is 7.33. The smallest absolute Gasteiger partial charge is 0.139 e. The van der Waals surface area contributed by atoms with E-state index in [0.29, 0.717) is 17.1 Å². The van der Waals surface area contributed by atoms with E-state index in [1.165, 1.54) is 25.7 Å². The second-order valence-corrected chi connectivity index (χ2v) is 4.53. The topological polar surface area (TPSA) is 17.1 Å². The zero-order valence-electron chi connectivity index (χ0n) is 7.39. The minimum Gasteiger partial charge on any atom is -0.299 e. The molecule has 0 amide bonds. The molecule has 0 radical (unpaired) electrons. The van der Waals surface area contributed by atoms with Gasteiger partial charge in [-0.15, -0.1) is 0 Å². The summed E-state index contributed by atoms with van der Waals surface area (Å²) >= 11 is 0. The molecule has 1 unspecified atom stereocenters. The van der Waals surface area contributed by atoms with Crippen LogP contribution in [0.2, 0.25) is 0 Å². The van der Waals surface area contributed by atoms with Crippen LogP contribution in [0, 0.1) is 17.3 Å². The molecule has 2 rings (SSSR count). The fourth-order valence-electron chi connectivity index (χ4n) is 2.34. The van der Waals surface area contributed by atoms with Crippen molar-refractivity contribution in [2.45, 2.75) is 39.5 Å². The van der Waals surface area contributed by atoms with E-state index in [1.54, 1.807) is 0 Å². The summed E-state index contributed by atoms with van der Waals surface area (Å²) in [6.07, 6.45) is 5.23. The predicted molar refractivity (Wildman–Crippen MR) is 44.2 cm³/mol. The van der Waals surface area contributed by atoms with Crippen LogP contribution in [-0.2, 0) is 4.79 Å². The lowest BCUT2D eigenvalue weighted by Crippen LogP contribution is -2.21. The zero-order chi connectivity index (χ0) is 8.06. The third-order valence-electron chi connectivity index (χ3n) is 3.45. The molecule has 2 saturated carbocycles. The maximum atomic E-state index is 11.5. The molecule has 2 fully saturated rings. The number of Topliss-reactive ketones (excluding diaryl/α,β-unsaturated/α-hetero) is 1. The van der Waals surface area contributed by atoms with Crippen LogP contribution in [0.1, 0.15) is 39.5 Å². The normalized spacial score (nSPS) is 32.1. The van der Waals surface area contributed by atoms with Crippen LogP contribution in [-0.4, -0.2) is 5.78 Å². The van der Waals surface area contributed by atoms with Gasteiger partial charge in [-0.1, -0.05) is 20.3 Å². The Labute approximate surface area is 68.2 Å². The Hall–Kier alpha value is -0.330. The molecule has 1 spiro atoms. The lowest BCUT2D eigenvalue weighted by Gasteiger charge is -2.26. The number of hydrogen-bond acceptors (Lipinski definition) is 1. The van der Waals surface area contributed by atoms with Gasteiger partial charge in [0, 0.05) is 11.8 Å². The van der Waals surface area contributed by atoms with Crippen molar-refractivity contribution in [3.05, 3.63) is 0 Å². The molecule has 0 aromatic rings. The first-order chi connectivity index (χ1) is 5.16. The van der Waals surface area contributed by atoms with Crippen molar-refractivity contribution in [3.63, 3.8) is 0 Å². The number of hydrogen-bond donors (Lipinski definition) is 0. The van der Waals surface area contributed by atoms with Gasteiger partial charge < -0.3 is 0 Å². The highest BCUT2D eigenvalue weighted by atomic mass is 16.1.